The van der Waals surface area contributed by atoms with E-state index in [1.807, 2.05) is 31.2 Å². The number of aryl methyl sites for hydroxylation is 1. The second-order valence-electron chi connectivity index (χ2n) is 3.71. The number of aromatic nitrogens is 2. The number of ether oxygens (including phenoxy) is 1. The van der Waals surface area contributed by atoms with Crippen LogP contribution in [0.3, 0.4) is 0 Å². The monoisotopic (exact) mass is 282 g/mol. The highest BCUT2D eigenvalue weighted by Crippen LogP contribution is 2.27. The van der Waals surface area contributed by atoms with Crippen molar-refractivity contribution >= 4 is 23.3 Å². The number of nitrogens with zero attached hydrogens (tertiary/aromatic N) is 2. The molecule has 0 aliphatic heterocycles. The predicted octanol–water partition coefficient (Wildman–Crippen LogP) is 2.68. The van der Waals surface area contributed by atoms with Crippen LogP contribution in [0.4, 0.5) is 0 Å². The second-order valence-corrected chi connectivity index (χ2v) is 5.73. The topological polar surface area (TPSA) is 55.2 Å². The lowest BCUT2D eigenvalue weighted by Gasteiger charge is -2.10. The molecule has 0 bridgehead atoms. The fourth-order valence-electron chi connectivity index (χ4n) is 1.43. The van der Waals surface area contributed by atoms with Crippen molar-refractivity contribution in [3.8, 4) is 5.75 Å². The third-order valence-electron chi connectivity index (χ3n) is 2.35. The lowest BCUT2D eigenvalue weighted by Crippen LogP contribution is -2.00. The smallest absolute Gasteiger partial charge is 0.170 e. The molecule has 0 fully saturated rings. The predicted molar refractivity (Wildman–Crippen MR) is 73.3 cm³/mol. The van der Waals surface area contributed by atoms with Crippen molar-refractivity contribution in [2.24, 2.45) is 0 Å². The van der Waals surface area contributed by atoms with Gasteiger partial charge in [0.2, 0.25) is 0 Å². The number of methoxy groups -OCH3 is 1. The quantitative estimate of drug-likeness (QED) is 0.854. The number of thioether (sulfide) groups is 1. The maximum atomic E-state index is 10.1. The van der Waals surface area contributed by atoms with E-state index in [-0.39, 0.29) is 0 Å². The van der Waals surface area contributed by atoms with Crippen molar-refractivity contribution in [3.05, 3.63) is 35.7 Å². The van der Waals surface area contributed by atoms with E-state index in [9.17, 15) is 5.11 Å². The Labute approximate surface area is 114 Å². The summed E-state index contributed by atoms with van der Waals surface area (Å²) in [7, 11) is 1.62. The molecule has 18 heavy (non-hydrogen) atoms. The van der Waals surface area contributed by atoms with Crippen LogP contribution >= 0.6 is 23.3 Å². The molecule has 0 aliphatic carbocycles. The Morgan fingerprint density at radius 2 is 2.33 bits per heavy atom. The minimum atomic E-state index is -0.533. The number of hydrogen-bond donors (Lipinski definition) is 1. The van der Waals surface area contributed by atoms with Crippen LogP contribution in [0.25, 0.3) is 0 Å². The molecule has 0 saturated carbocycles. The van der Waals surface area contributed by atoms with E-state index < -0.39 is 6.10 Å². The average molecular weight is 282 g/mol. The van der Waals surface area contributed by atoms with Gasteiger partial charge in [-0.1, -0.05) is 23.9 Å². The molecule has 0 amide bonds. The fraction of sp³-hybridized carbons (Fsp3) is 0.333. The van der Waals surface area contributed by atoms with Crippen LogP contribution < -0.4 is 4.74 Å². The van der Waals surface area contributed by atoms with Crippen LogP contribution in [-0.4, -0.2) is 27.3 Å². The van der Waals surface area contributed by atoms with Crippen LogP contribution in [0.5, 0.6) is 5.75 Å². The molecule has 2 aromatic rings. The van der Waals surface area contributed by atoms with Gasteiger partial charge in [-0.15, -0.1) is 0 Å². The Kier molecular flexibility index (Phi) is 4.57. The normalized spacial score (nSPS) is 12.4. The lowest BCUT2D eigenvalue weighted by atomic mass is 10.1. The maximum absolute atomic E-state index is 10.1. The van der Waals surface area contributed by atoms with E-state index in [4.69, 9.17) is 4.74 Å². The van der Waals surface area contributed by atoms with E-state index >= 15 is 0 Å². The van der Waals surface area contributed by atoms with Gasteiger partial charge in [0.1, 0.15) is 11.6 Å². The molecule has 1 aromatic heterocycles. The standard InChI is InChI=1S/C12H14N2O2S2/c1-8-13-12(18-14-8)17-7-11(15)9-4-3-5-10(6-9)16-2/h3-6,11,15H,7H2,1-2H3. The van der Waals surface area contributed by atoms with Crippen molar-refractivity contribution in [1.29, 1.82) is 0 Å². The summed E-state index contributed by atoms with van der Waals surface area (Å²) in [5, 5.41) is 10.1. The van der Waals surface area contributed by atoms with Crippen LogP contribution in [0.2, 0.25) is 0 Å². The third kappa shape index (κ3) is 3.44. The maximum Gasteiger partial charge on any atom is 0.170 e. The first-order valence-electron chi connectivity index (χ1n) is 5.44. The minimum absolute atomic E-state index is 0.533. The molecule has 1 aromatic carbocycles. The molecule has 0 spiro atoms. The fourth-order valence-corrected chi connectivity index (χ4v) is 3.07. The SMILES string of the molecule is COc1cccc(C(O)CSc2nc(C)ns2)c1. The highest BCUT2D eigenvalue weighted by molar-refractivity contribution is 8.00. The molecule has 4 nitrogen and oxygen atoms in total. The van der Waals surface area contributed by atoms with Gasteiger partial charge >= 0.3 is 0 Å². The highest BCUT2D eigenvalue weighted by atomic mass is 32.2. The van der Waals surface area contributed by atoms with Gasteiger partial charge in [0, 0.05) is 5.75 Å². The lowest BCUT2D eigenvalue weighted by molar-refractivity contribution is 0.203. The zero-order valence-corrected chi connectivity index (χ0v) is 11.8. The first kappa shape index (κ1) is 13.3. The zero-order chi connectivity index (χ0) is 13.0. The summed E-state index contributed by atoms with van der Waals surface area (Å²) in [5.74, 6) is 2.09. The van der Waals surface area contributed by atoms with Crippen molar-refractivity contribution < 1.29 is 9.84 Å². The van der Waals surface area contributed by atoms with E-state index in [1.165, 1.54) is 23.3 Å². The average Bonchev–Trinajstić information content (AvgIpc) is 2.82. The second kappa shape index (κ2) is 6.17. The van der Waals surface area contributed by atoms with E-state index in [0.29, 0.717) is 5.75 Å². The van der Waals surface area contributed by atoms with Gasteiger partial charge in [0.25, 0.3) is 0 Å². The molecular formula is C12H14N2O2S2. The molecule has 1 N–H and O–H groups in total. The summed E-state index contributed by atoms with van der Waals surface area (Å²) >= 11 is 2.87. The van der Waals surface area contributed by atoms with E-state index in [1.54, 1.807) is 7.11 Å². The molecule has 0 saturated heterocycles. The van der Waals surface area contributed by atoms with Crippen LogP contribution in [0, 0.1) is 6.92 Å². The summed E-state index contributed by atoms with van der Waals surface area (Å²) < 4.78 is 10.1. The van der Waals surface area contributed by atoms with E-state index in [0.717, 1.165) is 21.5 Å². The van der Waals surface area contributed by atoms with Crippen molar-refractivity contribution in [2.45, 2.75) is 17.4 Å². The highest BCUT2D eigenvalue weighted by Gasteiger charge is 2.10. The van der Waals surface area contributed by atoms with Crippen molar-refractivity contribution in [2.75, 3.05) is 12.9 Å². The first-order valence-corrected chi connectivity index (χ1v) is 7.20. The Hall–Kier alpha value is -1.11. The Balaban J connectivity index is 1.96. The zero-order valence-electron chi connectivity index (χ0n) is 10.2. The number of benzene rings is 1. The molecule has 2 rings (SSSR count). The first-order chi connectivity index (χ1) is 8.69. The summed E-state index contributed by atoms with van der Waals surface area (Å²) in [5.41, 5.74) is 0.850. The van der Waals surface area contributed by atoms with E-state index in [2.05, 4.69) is 9.36 Å². The molecule has 1 atom stereocenters. The van der Waals surface area contributed by atoms with Crippen molar-refractivity contribution in [3.63, 3.8) is 0 Å². The van der Waals surface area contributed by atoms with Gasteiger partial charge in [-0.05, 0) is 36.2 Å². The van der Waals surface area contributed by atoms with Crippen LogP contribution in [0.1, 0.15) is 17.5 Å². The summed E-state index contributed by atoms with van der Waals surface area (Å²) in [6, 6.07) is 7.46. The molecule has 6 heteroatoms. The number of rotatable bonds is 5. The summed E-state index contributed by atoms with van der Waals surface area (Å²) in [4.78, 5) is 4.24. The Morgan fingerprint density at radius 3 is 3.00 bits per heavy atom. The Bertz CT molecular complexity index is 516. The molecule has 0 radical (unpaired) electrons. The summed E-state index contributed by atoms with van der Waals surface area (Å²) in [6.45, 7) is 1.86. The molecule has 0 aliphatic rings. The van der Waals surface area contributed by atoms with Crippen LogP contribution in [0.15, 0.2) is 28.6 Å². The van der Waals surface area contributed by atoms with Gasteiger partial charge in [0.15, 0.2) is 4.34 Å². The number of aliphatic hydroxyl groups excluding tert-OH is 1. The van der Waals surface area contributed by atoms with Gasteiger partial charge < -0.3 is 9.84 Å². The minimum Gasteiger partial charge on any atom is -0.497 e. The van der Waals surface area contributed by atoms with Gasteiger partial charge in [-0.2, -0.15) is 4.37 Å². The largest absolute Gasteiger partial charge is 0.497 e. The Morgan fingerprint density at radius 1 is 1.50 bits per heavy atom. The number of hydrogen-bond acceptors (Lipinski definition) is 6. The molecule has 1 unspecified atom stereocenters. The van der Waals surface area contributed by atoms with Crippen molar-refractivity contribution in [1.82, 2.24) is 9.36 Å². The van der Waals surface area contributed by atoms with Crippen LogP contribution in [-0.2, 0) is 0 Å². The molecular weight excluding hydrogens is 268 g/mol. The van der Waals surface area contributed by atoms with Gasteiger partial charge in [-0.3, -0.25) is 0 Å². The molecule has 1 heterocycles. The van der Waals surface area contributed by atoms with Gasteiger partial charge in [-0.25, -0.2) is 4.98 Å². The molecule has 96 valence electrons. The third-order valence-corrected chi connectivity index (χ3v) is 4.35. The van der Waals surface area contributed by atoms with Gasteiger partial charge in [0.05, 0.1) is 13.2 Å². The summed E-state index contributed by atoms with van der Waals surface area (Å²) in [6.07, 6.45) is -0.533. The number of aliphatic hydroxyl groups is 1.